The zero-order chi connectivity index (χ0) is 13.6. The monoisotopic (exact) mass is 276 g/mol. The highest BCUT2D eigenvalue weighted by Crippen LogP contribution is 2.18. The quantitative estimate of drug-likeness (QED) is 0.709. The molecule has 0 aliphatic heterocycles. The van der Waals surface area contributed by atoms with Gasteiger partial charge in [-0.3, -0.25) is 4.40 Å². The fraction of sp³-hybridized carbons (Fsp3) is 0.167. The molecule has 0 saturated carbocycles. The summed E-state index contributed by atoms with van der Waals surface area (Å²) < 4.78 is 27.7. The largest absolute Gasteiger partial charge is 0.300 e. The van der Waals surface area contributed by atoms with Gasteiger partial charge in [0.05, 0.1) is 18.1 Å². The lowest BCUT2D eigenvalue weighted by Gasteiger charge is -2.06. The molecule has 6 nitrogen and oxygen atoms in total. The summed E-state index contributed by atoms with van der Waals surface area (Å²) in [4.78, 5) is 4.09. The minimum atomic E-state index is -3.73. The first-order valence-electron chi connectivity index (χ1n) is 5.71. The fourth-order valence-electron chi connectivity index (χ4n) is 1.90. The van der Waals surface area contributed by atoms with Crippen LogP contribution in [0.25, 0.3) is 5.65 Å². The van der Waals surface area contributed by atoms with Crippen molar-refractivity contribution in [1.29, 1.82) is 0 Å². The van der Waals surface area contributed by atoms with Gasteiger partial charge in [-0.05, 0) is 31.5 Å². The molecule has 0 N–H and O–H groups in total. The van der Waals surface area contributed by atoms with Crippen molar-refractivity contribution < 1.29 is 8.42 Å². The molecule has 0 fully saturated rings. The Bertz CT molecular complexity index is 861. The molecule has 0 unspecified atom stereocenters. The second-order valence-corrected chi connectivity index (χ2v) is 6.00. The number of rotatable bonds is 2. The Balaban J connectivity index is 2.29. The van der Waals surface area contributed by atoms with E-state index in [0.717, 1.165) is 9.65 Å². The first-order valence-corrected chi connectivity index (χ1v) is 7.15. The van der Waals surface area contributed by atoms with E-state index in [1.54, 1.807) is 25.3 Å². The normalized spacial score (nSPS) is 12.1. The topological polar surface area (TPSA) is 69.3 Å². The number of aryl methyl sites for hydroxylation is 1. The molecule has 3 rings (SSSR count). The van der Waals surface area contributed by atoms with Gasteiger partial charge in [-0.1, -0.05) is 6.07 Å². The third-order valence-corrected chi connectivity index (χ3v) is 4.74. The van der Waals surface area contributed by atoms with Crippen LogP contribution in [0.3, 0.4) is 0 Å². The number of pyridine rings is 1. The van der Waals surface area contributed by atoms with E-state index in [-0.39, 0.29) is 5.03 Å². The fourth-order valence-corrected chi connectivity index (χ4v) is 3.34. The van der Waals surface area contributed by atoms with Gasteiger partial charge in [0, 0.05) is 6.20 Å². The average molecular weight is 276 g/mol. The van der Waals surface area contributed by atoms with Crippen LogP contribution < -0.4 is 0 Å². The zero-order valence-corrected chi connectivity index (χ0v) is 11.3. The molecular weight excluding hydrogens is 264 g/mol. The zero-order valence-electron chi connectivity index (χ0n) is 10.5. The van der Waals surface area contributed by atoms with Crippen LogP contribution in [0, 0.1) is 13.8 Å². The molecule has 0 aliphatic rings. The number of aromatic nitrogens is 4. The van der Waals surface area contributed by atoms with Gasteiger partial charge in [0.1, 0.15) is 5.65 Å². The highest BCUT2D eigenvalue weighted by molar-refractivity contribution is 7.89. The van der Waals surface area contributed by atoms with Gasteiger partial charge in [0.2, 0.25) is 0 Å². The number of nitrogens with zero attached hydrogens (tertiary/aromatic N) is 4. The first-order chi connectivity index (χ1) is 9.01. The molecular formula is C12H12N4O2S. The predicted molar refractivity (Wildman–Crippen MR) is 69.5 cm³/mol. The number of fused-ring (bicyclic) bond motifs is 1. The summed E-state index contributed by atoms with van der Waals surface area (Å²) in [7, 11) is -3.73. The molecule has 0 saturated heterocycles. The van der Waals surface area contributed by atoms with E-state index >= 15 is 0 Å². The SMILES string of the molecule is Cc1cnn(S(=O)(=O)c2cnc3ccccn23)c1C. The van der Waals surface area contributed by atoms with E-state index in [1.807, 2.05) is 13.0 Å². The van der Waals surface area contributed by atoms with Crippen LogP contribution in [-0.2, 0) is 10.0 Å². The van der Waals surface area contributed by atoms with Crippen molar-refractivity contribution in [2.45, 2.75) is 18.9 Å². The lowest BCUT2D eigenvalue weighted by molar-refractivity contribution is 0.573. The Morgan fingerprint density at radius 1 is 1.16 bits per heavy atom. The van der Waals surface area contributed by atoms with Crippen molar-refractivity contribution >= 4 is 15.7 Å². The minimum absolute atomic E-state index is 0.106. The van der Waals surface area contributed by atoms with E-state index in [2.05, 4.69) is 10.1 Å². The summed E-state index contributed by atoms with van der Waals surface area (Å²) in [5.74, 6) is 0. The van der Waals surface area contributed by atoms with Crippen molar-refractivity contribution in [2.24, 2.45) is 0 Å². The van der Waals surface area contributed by atoms with Gasteiger partial charge in [-0.25, -0.2) is 4.98 Å². The third kappa shape index (κ3) is 1.66. The first kappa shape index (κ1) is 11.9. The number of imidazole rings is 1. The van der Waals surface area contributed by atoms with Crippen molar-refractivity contribution in [1.82, 2.24) is 18.6 Å². The van der Waals surface area contributed by atoms with Crippen LogP contribution >= 0.6 is 0 Å². The molecule has 3 aromatic heterocycles. The molecule has 19 heavy (non-hydrogen) atoms. The lowest BCUT2D eigenvalue weighted by Crippen LogP contribution is -2.17. The van der Waals surface area contributed by atoms with Gasteiger partial charge in [0.25, 0.3) is 0 Å². The molecule has 0 aliphatic carbocycles. The number of hydrogen-bond donors (Lipinski definition) is 0. The Kier molecular flexibility index (Phi) is 2.46. The molecule has 0 amide bonds. The Labute approximate surface area is 110 Å². The maximum Gasteiger partial charge on any atom is 0.300 e. The summed E-state index contributed by atoms with van der Waals surface area (Å²) in [6, 6.07) is 5.32. The standard InChI is InChI=1S/C12H12N4O2S/c1-9-7-14-16(10(9)2)19(17,18)12-8-13-11-5-3-4-6-15(11)12/h3-8H,1-2H3. The lowest BCUT2D eigenvalue weighted by atomic mass is 10.3. The molecule has 0 atom stereocenters. The van der Waals surface area contributed by atoms with Crippen LogP contribution in [0.5, 0.6) is 0 Å². The Morgan fingerprint density at radius 2 is 1.95 bits per heavy atom. The summed E-state index contributed by atoms with van der Waals surface area (Å²) >= 11 is 0. The van der Waals surface area contributed by atoms with Crippen molar-refractivity contribution in [2.75, 3.05) is 0 Å². The summed E-state index contributed by atoms with van der Waals surface area (Å²) in [6.45, 7) is 3.55. The van der Waals surface area contributed by atoms with Crippen LogP contribution in [0.1, 0.15) is 11.3 Å². The smallest absolute Gasteiger partial charge is 0.289 e. The van der Waals surface area contributed by atoms with Crippen LogP contribution in [0.2, 0.25) is 0 Å². The van der Waals surface area contributed by atoms with Crippen molar-refractivity contribution in [3.8, 4) is 0 Å². The molecule has 98 valence electrons. The molecule has 7 heteroatoms. The molecule has 0 spiro atoms. The second-order valence-electron chi connectivity index (χ2n) is 4.29. The van der Waals surface area contributed by atoms with Crippen molar-refractivity contribution in [3.05, 3.63) is 48.0 Å². The Morgan fingerprint density at radius 3 is 2.63 bits per heavy atom. The third-order valence-electron chi connectivity index (χ3n) is 3.09. The maximum atomic E-state index is 12.6. The van der Waals surface area contributed by atoms with E-state index in [1.165, 1.54) is 16.8 Å². The van der Waals surface area contributed by atoms with Gasteiger partial charge in [-0.2, -0.15) is 17.6 Å². The average Bonchev–Trinajstić information content (AvgIpc) is 2.95. The van der Waals surface area contributed by atoms with Gasteiger partial charge >= 0.3 is 10.0 Å². The van der Waals surface area contributed by atoms with Crippen LogP contribution in [0.4, 0.5) is 0 Å². The molecule has 3 heterocycles. The molecule has 3 aromatic rings. The van der Waals surface area contributed by atoms with Gasteiger partial charge < -0.3 is 0 Å². The van der Waals surface area contributed by atoms with E-state index < -0.39 is 10.0 Å². The van der Waals surface area contributed by atoms with Crippen LogP contribution in [-0.4, -0.2) is 27.0 Å². The van der Waals surface area contributed by atoms with E-state index in [0.29, 0.717) is 11.3 Å². The Hall–Kier alpha value is -2.15. The second kappa shape index (κ2) is 3.92. The van der Waals surface area contributed by atoms with E-state index in [9.17, 15) is 8.42 Å². The molecule has 0 radical (unpaired) electrons. The van der Waals surface area contributed by atoms with Crippen LogP contribution in [0.15, 0.2) is 41.8 Å². The summed E-state index contributed by atoms with van der Waals surface area (Å²) in [6.07, 6.45) is 4.55. The van der Waals surface area contributed by atoms with Gasteiger partial charge in [0.15, 0.2) is 5.03 Å². The van der Waals surface area contributed by atoms with Gasteiger partial charge in [-0.15, -0.1) is 0 Å². The molecule has 0 aromatic carbocycles. The highest BCUT2D eigenvalue weighted by atomic mass is 32.2. The summed E-state index contributed by atoms with van der Waals surface area (Å²) in [5.41, 5.74) is 2.02. The number of hydrogen-bond acceptors (Lipinski definition) is 4. The molecule has 0 bridgehead atoms. The van der Waals surface area contributed by atoms with Crippen molar-refractivity contribution in [3.63, 3.8) is 0 Å². The highest BCUT2D eigenvalue weighted by Gasteiger charge is 2.24. The summed E-state index contributed by atoms with van der Waals surface area (Å²) in [5, 5.41) is 4.04. The maximum absolute atomic E-state index is 12.6. The predicted octanol–water partition coefficient (Wildman–Crippen LogP) is 1.38. The van der Waals surface area contributed by atoms with E-state index in [4.69, 9.17) is 0 Å². The minimum Gasteiger partial charge on any atom is -0.289 e.